The van der Waals surface area contributed by atoms with Crippen LogP contribution in [0.5, 0.6) is 0 Å². The summed E-state index contributed by atoms with van der Waals surface area (Å²) in [4.78, 5) is 10.1. The molecule has 2 bridgehead atoms. The van der Waals surface area contributed by atoms with Gasteiger partial charge in [-0.3, -0.25) is 0 Å². The average Bonchev–Trinajstić information content (AvgIpc) is 2.51. The van der Waals surface area contributed by atoms with E-state index in [1.165, 1.54) is 31.4 Å². The first-order chi connectivity index (χ1) is 9.15. The fraction of sp³-hybridized carbons (Fsp3) is 0.467. The SMILES string of the molecule is N#C[N+]12CCC(CC1)CC2.O=C([O-])c1ccccc1. The van der Waals surface area contributed by atoms with Crippen LogP contribution >= 0.6 is 0 Å². The number of hydrogen-bond donors (Lipinski definition) is 0. The molecule has 100 valence electrons. The van der Waals surface area contributed by atoms with E-state index in [1.807, 2.05) is 0 Å². The number of aromatic carboxylic acids is 1. The molecule has 0 aromatic heterocycles. The van der Waals surface area contributed by atoms with Gasteiger partial charge in [0.25, 0.3) is 0 Å². The van der Waals surface area contributed by atoms with Gasteiger partial charge >= 0.3 is 6.19 Å². The number of nitriles is 1. The van der Waals surface area contributed by atoms with E-state index in [9.17, 15) is 9.90 Å². The molecule has 0 aliphatic carbocycles. The fourth-order valence-electron chi connectivity index (χ4n) is 2.78. The fourth-order valence-corrected chi connectivity index (χ4v) is 2.78. The highest BCUT2D eigenvalue weighted by Crippen LogP contribution is 2.32. The Bertz CT molecular complexity index is 457. The number of nitrogens with zero attached hydrogens (tertiary/aromatic N) is 2. The van der Waals surface area contributed by atoms with Crippen LogP contribution in [-0.4, -0.2) is 30.1 Å². The molecule has 0 saturated carbocycles. The van der Waals surface area contributed by atoms with E-state index < -0.39 is 5.97 Å². The van der Waals surface area contributed by atoms with Crippen LogP contribution in [0, 0.1) is 17.4 Å². The molecule has 0 unspecified atom stereocenters. The van der Waals surface area contributed by atoms with Crippen molar-refractivity contribution < 1.29 is 14.4 Å². The lowest BCUT2D eigenvalue weighted by atomic mass is 9.86. The molecule has 0 N–H and O–H groups in total. The predicted molar refractivity (Wildman–Crippen MR) is 68.6 cm³/mol. The molecular formula is C15H18N2O2. The van der Waals surface area contributed by atoms with Crippen molar-refractivity contribution in [2.24, 2.45) is 5.92 Å². The number of fused-ring (bicyclic) bond motifs is 3. The number of benzene rings is 1. The molecule has 4 nitrogen and oxygen atoms in total. The molecule has 0 amide bonds. The lowest BCUT2D eigenvalue weighted by Gasteiger charge is -2.42. The number of quaternary nitrogens is 1. The van der Waals surface area contributed by atoms with E-state index in [0.717, 1.165) is 30.0 Å². The van der Waals surface area contributed by atoms with Gasteiger partial charge in [-0.05, 0) is 11.5 Å². The number of piperidine rings is 3. The first-order valence-electron chi connectivity index (χ1n) is 6.69. The van der Waals surface area contributed by atoms with Crippen molar-refractivity contribution in [3.63, 3.8) is 0 Å². The molecule has 0 radical (unpaired) electrons. The minimum atomic E-state index is -1.13. The first kappa shape index (κ1) is 13.6. The van der Waals surface area contributed by atoms with Crippen molar-refractivity contribution in [3.05, 3.63) is 35.9 Å². The zero-order chi connectivity index (χ0) is 13.7. The van der Waals surface area contributed by atoms with Gasteiger partial charge in [0.15, 0.2) is 0 Å². The van der Waals surface area contributed by atoms with Gasteiger partial charge in [-0.2, -0.15) is 0 Å². The summed E-state index contributed by atoms with van der Waals surface area (Å²) >= 11 is 0. The van der Waals surface area contributed by atoms with Crippen LogP contribution in [0.2, 0.25) is 0 Å². The van der Waals surface area contributed by atoms with Gasteiger partial charge in [0.2, 0.25) is 0 Å². The summed E-state index contributed by atoms with van der Waals surface area (Å²) in [5.41, 5.74) is 0.220. The van der Waals surface area contributed by atoms with Gasteiger partial charge < -0.3 is 9.90 Å². The lowest BCUT2D eigenvalue weighted by molar-refractivity contribution is -0.882. The highest BCUT2D eigenvalue weighted by molar-refractivity contribution is 5.85. The van der Waals surface area contributed by atoms with Gasteiger partial charge in [-0.15, -0.1) is 5.26 Å². The van der Waals surface area contributed by atoms with E-state index in [0.29, 0.717) is 0 Å². The number of carboxylic acids is 1. The summed E-state index contributed by atoms with van der Waals surface area (Å²) in [7, 11) is 0. The van der Waals surface area contributed by atoms with Crippen LogP contribution in [0.1, 0.15) is 29.6 Å². The molecule has 3 aliphatic rings. The Kier molecular flexibility index (Phi) is 4.18. The van der Waals surface area contributed by atoms with Crippen LogP contribution < -0.4 is 5.11 Å². The highest BCUT2D eigenvalue weighted by Gasteiger charge is 2.40. The van der Waals surface area contributed by atoms with Crippen LogP contribution in [0.3, 0.4) is 0 Å². The Balaban J connectivity index is 0.000000141. The second-order valence-corrected chi connectivity index (χ2v) is 5.30. The van der Waals surface area contributed by atoms with Crippen molar-refractivity contribution in [3.8, 4) is 6.19 Å². The summed E-state index contributed by atoms with van der Waals surface area (Å²) < 4.78 is 0.760. The summed E-state index contributed by atoms with van der Waals surface area (Å²) in [6.07, 6.45) is 6.34. The largest absolute Gasteiger partial charge is 0.545 e. The molecule has 19 heavy (non-hydrogen) atoms. The highest BCUT2D eigenvalue weighted by atomic mass is 16.4. The van der Waals surface area contributed by atoms with Gasteiger partial charge in [0.05, 0.1) is 25.6 Å². The summed E-state index contributed by atoms with van der Waals surface area (Å²) in [6.45, 7) is 3.38. The van der Waals surface area contributed by atoms with Crippen molar-refractivity contribution in [2.75, 3.05) is 19.6 Å². The third-order valence-electron chi connectivity index (χ3n) is 4.12. The Morgan fingerprint density at radius 3 is 2.00 bits per heavy atom. The molecule has 3 fully saturated rings. The summed E-state index contributed by atoms with van der Waals surface area (Å²) in [5.74, 6) is -0.163. The maximum atomic E-state index is 10.1. The van der Waals surface area contributed by atoms with E-state index in [2.05, 4.69) is 6.19 Å². The van der Waals surface area contributed by atoms with Crippen LogP contribution in [0.4, 0.5) is 0 Å². The minimum absolute atomic E-state index is 0.220. The van der Waals surface area contributed by atoms with Gasteiger partial charge in [-0.25, -0.2) is 4.48 Å². The average molecular weight is 258 g/mol. The van der Waals surface area contributed by atoms with Crippen LogP contribution in [-0.2, 0) is 0 Å². The number of carbonyl (C=O) groups is 1. The molecule has 4 rings (SSSR count). The molecule has 4 heteroatoms. The van der Waals surface area contributed by atoms with Crippen LogP contribution in [0.25, 0.3) is 0 Å². The van der Waals surface area contributed by atoms with Crippen molar-refractivity contribution in [1.29, 1.82) is 5.26 Å². The molecule has 3 heterocycles. The zero-order valence-electron chi connectivity index (χ0n) is 10.9. The van der Waals surface area contributed by atoms with Gasteiger partial charge in [0, 0.05) is 19.3 Å². The quantitative estimate of drug-likeness (QED) is 0.560. The first-order valence-corrected chi connectivity index (χ1v) is 6.69. The Hall–Kier alpha value is -1.86. The van der Waals surface area contributed by atoms with E-state index in [-0.39, 0.29) is 5.56 Å². The Labute approximate surface area is 113 Å². The Morgan fingerprint density at radius 1 is 1.16 bits per heavy atom. The number of hydrogen-bond acceptors (Lipinski definition) is 3. The zero-order valence-corrected chi connectivity index (χ0v) is 10.9. The maximum absolute atomic E-state index is 10.1. The molecule has 0 spiro atoms. The van der Waals surface area contributed by atoms with E-state index in [1.54, 1.807) is 18.2 Å². The second-order valence-electron chi connectivity index (χ2n) is 5.30. The third kappa shape index (κ3) is 3.33. The number of rotatable bonds is 1. The Morgan fingerprint density at radius 2 is 1.68 bits per heavy atom. The topological polar surface area (TPSA) is 63.9 Å². The lowest BCUT2D eigenvalue weighted by Crippen LogP contribution is -2.54. The smallest absolute Gasteiger partial charge is 0.308 e. The van der Waals surface area contributed by atoms with Crippen molar-refractivity contribution in [1.82, 2.24) is 0 Å². The molecule has 1 aromatic carbocycles. The normalized spacial score (nSPS) is 27.8. The maximum Gasteiger partial charge on any atom is 0.308 e. The standard InChI is InChI=1S/C8H13N2.C7H6O2/c9-7-10-4-1-8(2-5-10)3-6-10;8-7(9)6-4-2-1-3-5-6/h8H,1-6H2;1-5H,(H,8,9)/q+1;/p-1. The minimum Gasteiger partial charge on any atom is -0.545 e. The summed E-state index contributed by atoms with van der Waals surface area (Å²) in [5, 5.41) is 19.0. The summed E-state index contributed by atoms with van der Waals surface area (Å²) in [6, 6.07) is 8.06. The molecule has 3 aliphatic heterocycles. The number of carboxylic acid groups (broad SMARTS) is 1. The second kappa shape index (κ2) is 5.85. The molecular weight excluding hydrogens is 240 g/mol. The molecule has 3 saturated heterocycles. The molecule has 0 atom stereocenters. The molecule has 1 aromatic rings. The van der Waals surface area contributed by atoms with E-state index >= 15 is 0 Å². The van der Waals surface area contributed by atoms with Crippen molar-refractivity contribution >= 4 is 5.97 Å². The van der Waals surface area contributed by atoms with Crippen LogP contribution in [0.15, 0.2) is 30.3 Å². The van der Waals surface area contributed by atoms with Crippen molar-refractivity contribution in [2.45, 2.75) is 19.3 Å². The predicted octanol–water partition coefficient (Wildman–Crippen LogP) is 1.15. The third-order valence-corrected chi connectivity index (χ3v) is 4.12. The van der Waals surface area contributed by atoms with Gasteiger partial charge in [-0.1, -0.05) is 30.3 Å². The van der Waals surface area contributed by atoms with Gasteiger partial charge in [0.1, 0.15) is 0 Å². The van der Waals surface area contributed by atoms with E-state index in [4.69, 9.17) is 5.26 Å². The number of carbonyl (C=O) groups excluding carboxylic acids is 1. The monoisotopic (exact) mass is 258 g/mol.